The third-order valence-corrected chi connectivity index (χ3v) is 9.04. The summed E-state index contributed by atoms with van der Waals surface area (Å²) in [7, 11) is 0. The van der Waals surface area contributed by atoms with Gasteiger partial charge < -0.3 is 24.8 Å². The molecule has 10 heteroatoms. The monoisotopic (exact) mass is 535 g/mol. The van der Waals surface area contributed by atoms with Gasteiger partial charge in [0.2, 0.25) is 5.88 Å². The third kappa shape index (κ3) is 5.90. The lowest BCUT2D eigenvalue weighted by Crippen LogP contribution is -2.43. The van der Waals surface area contributed by atoms with Gasteiger partial charge in [0.25, 0.3) is 5.91 Å². The van der Waals surface area contributed by atoms with Gasteiger partial charge in [-0.05, 0) is 93.6 Å². The number of anilines is 1. The zero-order chi connectivity index (χ0) is 26.9. The van der Waals surface area contributed by atoms with Crippen molar-refractivity contribution < 1.29 is 33.0 Å². The van der Waals surface area contributed by atoms with Crippen molar-refractivity contribution in [2.24, 2.45) is 23.7 Å². The van der Waals surface area contributed by atoms with Gasteiger partial charge in [0.05, 0.1) is 12.2 Å². The first-order valence-corrected chi connectivity index (χ1v) is 14.1. The largest absolute Gasteiger partial charge is 0.481 e. The molecule has 0 spiro atoms. The number of carboxylic acids is 1. The fraction of sp³-hybridized carbons (Fsp3) is 0.750. The minimum absolute atomic E-state index is 0.0594. The van der Waals surface area contributed by atoms with E-state index in [0.717, 1.165) is 45.1 Å². The number of aromatic nitrogens is 1. The number of nitrogens with zero attached hydrogens (tertiary/aromatic N) is 2. The zero-order valence-corrected chi connectivity index (χ0v) is 22.0. The predicted octanol–water partition coefficient (Wildman–Crippen LogP) is 4.87. The molecule has 0 aromatic carbocycles. The SMILES string of the molecule is CCCOc1nc(N2CCC[C@@H](CC(=O)O)C2)ccc1C(=O)N[C@H]1CCC2CC3C[C@@](OC(F)F)(C2)CC31. The summed E-state index contributed by atoms with van der Waals surface area (Å²) in [4.78, 5) is 31.5. The van der Waals surface area contributed by atoms with E-state index in [0.29, 0.717) is 49.7 Å². The number of rotatable bonds is 10. The molecule has 3 unspecified atom stereocenters. The second-order valence-electron chi connectivity index (χ2n) is 11.8. The van der Waals surface area contributed by atoms with E-state index in [4.69, 9.17) is 14.5 Å². The maximum atomic E-state index is 13.5. The van der Waals surface area contributed by atoms with Gasteiger partial charge in [0.1, 0.15) is 11.4 Å². The summed E-state index contributed by atoms with van der Waals surface area (Å²) in [6.07, 6.45) is 7.29. The summed E-state index contributed by atoms with van der Waals surface area (Å²) in [5.74, 6) is 0.732. The third-order valence-electron chi connectivity index (χ3n) is 9.04. The van der Waals surface area contributed by atoms with Crippen molar-refractivity contribution in [3.05, 3.63) is 17.7 Å². The van der Waals surface area contributed by atoms with Crippen LogP contribution in [0.5, 0.6) is 5.88 Å². The maximum Gasteiger partial charge on any atom is 0.345 e. The summed E-state index contributed by atoms with van der Waals surface area (Å²) in [5, 5.41) is 12.4. The van der Waals surface area contributed by atoms with Crippen molar-refractivity contribution in [3.8, 4) is 5.88 Å². The molecule has 210 valence electrons. The van der Waals surface area contributed by atoms with Crippen LogP contribution in [0.1, 0.15) is 81.5 Å². The standard InChI is InChI=1S/C28H39F2N3O5/c1-2-10-37-26-20(6-8-23(32-26)33-9-3-4-18(16-33)12-24(34)35)25(36)31-22-7-5-17-11-19-14-28(13-17,15-21(19)22)38-27(29)30/h6,8,17-19,21-22,27H,2-5,7,9-16H2,1H3,(H,31,36)(H,34,35)/t17?,18-,19?,21?,22-,28-/m0/s1. The molecular formula is C28H39F2N3O5. The Labute approximate surface area is 222 Å². The Bertz CT molecular complexity index is 1030. The lowest BCUT2D eigenvalue weighted by Gasteiger charge is -2.37. The van der Waals surface area contributed by atoms with Crippen molar-refractivity contribution in [1.82, 2.24) is 10.3 Å². The van der Waals surface area contributed by atoms with Crippen LogP contribution in [0.15, 0.2) is 12.1 Å². The van der Waals surface area contributed by atoms with Gasteiger partial charge in [-0.25, -0.2) is 0 Å². The van der Waals surface area contributed by atoms with Gasteiger partial charge in [-0.15, -0.1) is 0 Å². The van der Waals surface area contributed by atoms with E-state index in [1.807, 2.05) is 13.0 Å². The Kier molecular flexibility index (Phi) is 8.07. The van der Waals surface area contributed by atoms with Crippen molar-refractivity contribution >= 4 is 17.7 Å². The van der Waals surface area contributed by atoms with Gasteiger partial charge >= 0.3 is 12.6 Å². The molecule has 38 heavy (non-hydrogen) atoms. The number of hydrogen-bond acceptors (Lipinski definition) is 6. The molecule has 3 aliphatic carbocycles. The molecule has 3 bridgehead atoms. The first-order valence-electron chi connectivity index (χ1n) is 14.1. The van der Waals surface area contributed by atoms with Crippen LogP contribution in [-0.4, -0.2) is 59.9 Å². The smallest absolute Gasteiger partial charge is 0.345 e. The van der Waals surface area contributed by atoms with Crippen LogP contribution in [0.3, 0.4) is 0 Å². The number of ether oxygens (including phenoxy) is 2. The Morgan fingerprint density at radius 2 is 2.08 bits per heavy atom. The van der Waals surface area contributed by atoms with Crippen molar-refractivity contribution in [1.29, 1.82) is 0 Å². The van der Waals surface area contributed by atoms with Crippen LogP contribution in [0.4, 0.5) is 14.6 Å². The van der Waals surface area contributed by atoms with Crippen LogP contribution < -0.4 is 15.0 Å². The fourth-order valence-electron chi connectivity index (χ4n) is 7.62. The average molecular weight is 536 g/mol. The number of hydrogen-bond donors (Lipinski definition) is 2. The molecule has 1 amide bonds. The van der Waals surface area contributed by atoms with E-state index in [2.05, 4.69) is 10.2 Å². The number of halogens is 2. The highest BCUT2D eigenvalue weighted by Gasteiger charge is 2.56. The molecule has 8 nitrogen and oxygen atoms in total. The van der Waals surface area contributed by atoms with Gasteiger partial charge in [0.15, 0.2) is 0 Å². The Morgan fingerprint density at radius 1 is 1.24 bits per heavy atom. The van der Waals surface area contributed by atoms with E-state index >= 15 is 0 Å². The summed E-state index contributed by atoms with van der Waals surface area (Å²) in [6, 6.07) is 3.45. The Balaban J connectivity index is 1.32. The minimum atomic E-state index is -2.78. The molecule has 1 aliphatic heterocycles. The first-order chi connectivity index (χ1) is 18.2. The van der Waals surface area contributed by atoms with Gasteiger partial charge in [-0.3, -0.25) is 9.59 Å². The van der Waals surface area contributed by atoms with Crippen molar-refractivity contribution in [2.45, 2.75) is 89.4 Å². The van der Waals surface area contributed by atoms with Crippen LogP contribution in [-0.2, 0) is 9.53 Å². The number of carbonyl (C=O) groups is 2. The second kappa shape index (κ2) is 11.3. The highest BCUT2D eigenvalue weighted by Crippen LogP contribution is 2.57. The molecule has 1 aromatic heterocycles. The predicted molar refractivity (Wildman–Crippen MR) is 136 cm³/mol. The first kappa shape index (κ1) is 27.1. The Morgan fingerprint density at radius 3 is 2.84 bits per heavy atom. The van der Waals surface area contributed by atoms with Gasteiger partial charge in [0, 0.05) is 25.6 Å². The van der Waals surface area contributed by atoms with Gasteiger partial charge in [-0.2, -0.15) is 13.8 Å². The second-order valence-corrected chi connectivity index (χ2v) is 11.8. The quantitative estimate of drug-likeness (QED) is 0.441. The van der Waals surface area contributed by atoms with Crippen LogP contribution in [0.25, 0.3) is 0 Å². The molecule has 4 fully saturated rings. The van der Waals surface area contributed by atoms with Crippen LogP contribution >= 0.6 is 0 Å². The van der Waals surface area contributed by atoms with Crippen LogP contribution in [0.2, 0.25) is 0 Å². The topological polar surface area (TPSA) is 101 Å². The molecule has 3 saturated carbocycles. The summed E-state index contributed by atoms with van der Waals surface area (Å²) in [6.45, 7) is 1.01. The maximum absolute atomic E-state index is 13.5. The molecule has 4 aliphatic rings. The molecular weight excluding hydrogens is 496 g/mol. The number of piperidine rings is 1. The fourth-order valence-corrected chi connectivity index (χ4v) is 7.62. The van der Waals surface area contributed by atoms with Gasteiger partial charge in [-0.1, -0.05) is 6.92 Å². The van der Waals surface area contributed by atoms with E-state index in [9.17, 15) is 23.5 Å². The Hall–Kier alpha value is -2.49. The number of carboxylic acid groups (broad SMARTS) is 1. The van der Waals surface area contributed by atoms with Crippen LogP contribution in [0, 0.1) is 23.7 Å². The zero-order valence-electron chi connectivity index (χ0n) is 22.0. The molecule has 0 radical (unpaired) electrons. The molecule has 2 N–H and O–H groups in total. The number of nitrogens with one attached hydrogen (secondary N) is 1. The number of pyridine rings is 1. The summed E-state index contributed by atoms with van der Waals surface area (Å²) in [5.41, 5.74) is -0.398. The normalized spacial score (nSPS) is 32.3. The van der Waals surface area contributed by atoms with Crippen molar-refractivity contribution in [3.63, 3.8) is 0 Å². The molecule has 6 atom stereocenters. The summed E-state index contributed by atoms with van der Waals surface area (Å²) >= 11 is 0. The molecule has 1 aromatic rings. The van der Waals surface area contributed by atoms with E-state index in [-0.39, 0.29) is 42.0 Å². The van der Waals surface area contributed by atoms with Crippen molar-refractivity contribution in [2.75, 3.05) is 24.6 Å². The number of carbonyl (C=O) groups excluding carboxylic acids is 1. The number of alkyl halides is 2. The molecule has 5 rings (SSSR count). The molecule has 1 saturated heterocycles. The lowest BCUT2D eigenvalue weighted by atomic mass is 9.77. The minimum Gasteiger partial charge on any atom is -0.481 e. The molecule has 2 heterocycles. The number of aliphatic carboxylic acids is 1. The summed E-state index contributed by atoms with van der Waals surface area (Å²) < 4.78 is 37.6. The van der Waals surface area contributed by atoms with E-state index in [1.165, 1.54) is 0 Å². The number of amides is 1. The number of fused-ring (bicyclic) bond motifs is 2. The highest BCUT2D eigenvalue weighted by molar-refractivity contribution is 5.96. The van der Waals surface area contributed by atoms with E-state index < -0.39 is 18.2 Å². The lowest BCUT2D eigenvalue weighted by molar-refractivity contribution is -0.219. The highest BCUT2D eigenvalue weighted by atomic mass is 19.3. The van der Waals surface area contributed by atoms with E-state index in [1.54, 1.807) is 6.07 Å². The average Bonchev–Trinajstić information content (AvgIpc) is 3.06.